The lowest BCUT2D eigenvalue weighted by molar-refractivity contribution is 0.0730. The number of aromatic nitrogens is 2. The van der Waals surface area contributed by atoms with Crippen molar-refractivity contribution in [3.63, 3.8) is 0 Å². The molecule has 6 heteroatoms. The number of benzene rings is 2. The van der Waals surface area contributed by atoms with Crippen molar-refractivity contribution in [2.75, 3.05) is 6.54 Å². The minimum atomic E-state index is -0.839. The van der Waals surface area contributed by atoms with E-state index in [-0.39, 0.29) is 12.1 Å². The number of carbonyl (C=O) groups is 1. The summed E-state index contributed by atoms with van der Waals surface area (Å²) in [6, 6.07) is 10.9. The highest BCUT2D eigenvalue weighted by Crippen LogP contribution is 2.20. The standard InChI is InChI=1S/C22H25F2N3O/c1-3-5-13-26(22(28)17-11-10-16(23)14-18(17)24)15-21-25-19-8-6-7-9-20(19)27(21)12-4-2/h6-11,14H,3-5,12-13,15H2,1-2H3. The third-order valence-corrected chi connectivity index (χ3v) is 4.74. The second kappa shape index (κ2) is 8.95. The number of carbonyl (C=O) groups excluding carboxylic acids is 1. The SMILES string of the molecule is CCCCN(Cc1nc2ccccc2n1CCC)C(=O)c1ccc(F)cc1F. The van der Waals surface area contributed by atoms with Crippen LogP contribution in [0.5, 0.6) is 0 Å². The van der Waals surface area contributed by atoms with E-state index in [0.29, 0.717) is 6.54 Å². The average molecular weight is 385 g/mol. The van der Waals surface area contributed by atoms with Gasteiger partial charge in [0.15, 0.2) is 0 Å². The monoisotopic (exact) mass is 385 g/mol. The fraction of sp³-hybridized carbons (Fsp3) is 0.364. The van der Waals surface area contributed by atoms with Gasteiger partial charge in [0.2, 0.25) is 0 Å². The summed E-state index contributed by atoms with van der Waals surface area (Å²) >= 11 is 0. The summed E-state index contributed by atoms with van der Waals surface area (Å²) in [4.78, 5) is 19.3. The number of unbranched alkanes of at least 4 members (excludes halogenated alkanes) is 1. The molecule has 0 spiro atoms. The molecule has 0 aliphatic carbocycles. The Balaban J connectivity index is 1.95. The Hall–Kier alpha value is -2.76. The van der Waals surface area contributed by atoms with Gasteiger partial charge in [-0.1, -0.05) is 32.4 Å². The molecule has 1 aromatic heterocycles. The minimum Gasteiger partial charge on any atom is -0.331 e. The van der Waals surface area contributed by atoms with Gasteiger partial charge in [0, 0.05) is 19.2 Å². The van der Waals surface area contributed by atoms with Crippen molar-refractivity contribution in [1.82, 2.24) is 14.5 Å². The molecule has 2 aromatic carbocycles. The maximum atomic E-state index is 14.2. The third-order valence-electron chi connectivity index (χ3n) is 4.74. The summed E-state index contributed by atoms with van der Waals surface area (Å²) in [5.41, 5.74) is 1.78. The summed E-state index contributed by atoms with van der Waals surface area (Å²) in [7, 11) is 0. The first-order valence-electron chi connectivity index (χ1n) is 9.73. The lowest BCUT2D eigenvalue weighted by Gasteiger charge is -2.23. The van der Waals surface area contributed by atoms with Gasteiger partial charge in [0.05, 0.1) is 23.1 Å². The van der Waals surface area contributed by atoms with Gasteiger partial charge >= 0.3 is 0 Å². The largest absolute Gasteiger partial charge is 0.331 e. The van der Waals surface area contributed by atoms with Crippen molar-refractivity contribution in [2.45, 2.75) is 46.2 Å². The minimum absolute atomic E-state index is 0.115. The Bertz CT molecular complexity index is 968. The molecule has 0 radical (unpaired) electrons. The van der Waals surface area contributed by atoms with Gasteiger partial charge < -0.3 is 9.47 Å². The zero-order chi connectivity index (χ0) is 20.1. The molecule has 3 rings (SSSR count). The topological polar surface area (TPSA) is 38.1 Å². The van der Waals surface area contributed by atoms with Crippen molar-refractivity contribution < 1.29 is 13.6 Å². The molecular weight excluding hydrogens is 360 g/mol. The van der Waals surface area contributed by atoms with Crippen LogP contribution in [0.15, 0.2) is 42.5 Å². The summed E-state index contributed by atoms with van der Waals surface area (Å²) in [5, 5.41) is 0. The molecule has 148 valence electrons. The van der Waals surface area contributed by atoms with Crippen LogP contribution in [0.3, 0.4) is 0 Å². The summed E-state index contributed by atoms with van der Waals surface area (Å²) in [6.07, 6.45) is 2.63. The van der Waals surface area contributed by atoms with E-state index in [2.05, 4.69) is 11.5 Å². The smallest absolute Gasteiger partial charge is 0.257 e. The quantitative estimate of drug-likeness (QED) is 0.537. The summed E-state index contributed by atoms with van der Waals surface area (Å²) in [5.74, 6) is -1.21. The summed E-state index contributed by atoms with van der Waals surface area (Å²) in [6.45, 7) is 5.68. The number of para-hydroxylation sites is 2. The molecule has 28 heavy (non-hydrogen) atoms. The van der Waals surface area contributed by atoms with Crippen molar-refractivity contribution in [1.29, 1.82) is 0 Å². The van der Waals surface area contributed by atoms with E-state index in [9.17, 15) is 13.6 Å². The highest BCUT2D eigenvalue weighted by molar-refractivity contribution is 5.94. The number of rotatable bonds is 8. The molecule has 4 nitrogen and oxygen atoms in total. The zero-order valence-electron chi connectivity index (χ0n) is 16.3. The van der Waals surface area contributed by atoms with Crippen LogP contribution in [0.4, 0.5) is 8.78 Å². The van der Waals surface area contributed by atoms with Gasteiger partial charge in [0.25, 0.3) is 5.91 Å². The predicted octanol–water partition coefficient (Wildman–Crippen LogP) is 5.17. The number of amides is 1. The normalized spacial score (nSPS) is 11.1. The second-order valence-corrected chi connectivity index (χ2v) is 6.87. The second-order valence-electron chi connectivity index (χ2n) is 6.87. The molecular formula is C22H25F2N3O. The molecule has 0 atom stereocenters. The number of nitrogens with zero attached hydrogens (tertiary/aromatic N) is 3. The van der Waals surface area contributed by atoms with Gasteiger partial charge in [-0.2, -0.15) is 0 Å². The van der Waals surface area contributed by atoms with Gasteiger partial charge in [-0.25, -0.2) is 13.8 Å². The van der Waals surface area contributed by atoms with E-state index in [1.54, 1.807) is 4.90 Å². The number of hydrogen-bond donors (Lipinski definition) is 0. The molecule has 1 amide bonds. The van der Waals surface area contributed by atoms with E-state index < -0.39 is 17.5 Å². The van der Waals surface area contributed by atoms with Gasteiger partial charge in [-0.15, -0.1) is 0 Å². The van der Waals surface area contributed by atoms with Crippen LogP contribution in [-0.2, 0) is 13.1 Å². The van der Waals surface area contributed by atoms with E-state index in [1.165, 1.54) is 6.07 Å². The van der Waals surface area contributed by atoms with Crippen LogP contribution in [0.1, 0.15) is 49.3 Å². The van der Waals surface area contributed by atoms with Crippen molar-refractivity contribution in [3.05, 3.63) is 65.5 Å². The average Bonchev–Trinajstić information content (AvgIpc) is 3.02. The van der Waals surface area contributed by atoms with Crippen molar-refractivity contribution >= 4 is 16.9 Å². The Labute approximate surface area is 163 Å². The van der Waals surface area contributed by atoms with Crippen molar-refractivity contribution in [2.24, 2.45) is 0 Å². The van der Waals surface area contributed by atoms with Crippen molar-refractivity contribution in [3.8, 4) is 0 Å². The van der Waals surface area contributed by atoms with Crippen LogP contribution >= 0.6 is 0 Å². The van der Waals surface area contributed by atoms with Crippen LogP contribution in [0.25, 0.3) is 11.0 Å². The molecule has 0 bridgehead atoms. The van der Waals surface area contributed by atoms with E-state index in [1.807, 2.05) is 31.2 Å². The first-order chi connectivity index (χ1) is 13.5. The lowest BCUT2D eigenvalue weighted by atomic mass is 10.1. The lowest BCUT2D eigenvalue weighted by Crippen LogP contribution is -2.33. The van der Waals surface area contributed by atoms with Gasteiger partial charge in [-0.3, -0.25) is 4.79 Å². The maximum Gasteiger partial charge on any atom is 0.257 e. The number of hydrogen-bond acceptors (Lipinski definition) is 2. The molecule has 0 N–H and O–H groups in total. The van der Waals surface area contributed by atoms with Crippen LogP contribution in [0.2, 0.25) is 0 Å². The molecule has 0 saturated heterocycles. The third kappa shape index (κ3) is 4.21. The fourth-order valence-corrected chi connectivity index (χ4v) is 3.32. The highest BCUT2D eigenvalue weighted by atomic mass is 19.1. The van der Waals surface area contributed by atoms with Gasteiger partial charge in [0.1, 0.15) is 17.5 Å². The highest BCUT2D eigenvalue weighted by Gasteiger charge is 2.22. The Morgan fingerprint density at radius 3 is 2.61 bits per heavy atom. The number of halogens is 2. The fourth-order valence-electron chi connectivity index (χ4n) is 3.32. The maximum absolute atomic E-state index is 14.2. The van der Waals surface area contributed by atoms with Crippen LogP contribution < -0.4 is 0 Å². The molecule has 1 heterocycles. The van der Waals surface area contributed by atoms with E-state index >= 15 is 0 Å². The summed E-state index contributed by atoms with van der Waals surface area (Å²) < 4.78 is 29.5. The van der Waals surface area contributed by atoms with E-state index in [4.69, 9.17) is 4.98 Å². The predicted molar refractivity (Wildman–Crippen MR) is 106 cm³/mol. The Morgan fingerprint density at radius 2 is 1.89 bits per heavy atom. The molecule has 0 saturated carbocycles. The number of imidazole rings is 1. The van der Waals surface area contributed by atoms with Gasteiger partial charge in [-0.05, 0) is 37.1 Å². The van der Waals surface area contributed by atoms with Crippen LogP contribution in [0, 0.1) is 11.6 Å². The first-order valence-corrected chi connectivity index (χ1v) is 9.73. The molecule has 0 aliphatic heterocycles. The Morgan fingerprint density at radius 1 is 1.11 bits per heavy atom. The molecule has 0 aliphatic rings. The molecule has 3 aromatic rings. The zero-order valence-corrected chi connectivity index (χ0v) is 16.3. The number of aryl methyl sites for hydroxylation is 1. The van der Waals surface area contributed by atoms with E-state index in [0.717, 1.165) is 54.8 Å². The Kier molecular flexibility index (Phi) is 6.39. The first kappa shape index (κ1) is 20.0. The number of fused-ring (bicyclic) bond motifs is 1. The molecule has 0 fully saturated rings. The molecule has 0 unspecified atom stereocenters. The van der Waals surface area contributed by atoms with Crippen LogP contribution in [-0.4, -0.2) is 26.9 Å².